The summed E-state index contributed by atoms with van der Waals surface area (Å²) in [6, 6.07) is 29.5. The Morgan fingerprint density at radius 3 is 1.83 bits per heavy atom. The number of ether oxygens (including phenoxy) is 1. The summed E-state index contributed by atoms with van der Waals surface area (Å²) in [6.07, 6.45) is -1.03. The van der Waals surface area contributed by atoms with E-state index >= 15 is 0 Å². The van der Waals surface area contributed by atoms with E-state index in [1.54, 1.807) is 36.4 Å². The van der Waals surface area contributed by atoms with Gasteiger partial charge in [-0.05, 0) is 122 Å². The average Bonchev–Trinajstić information content (AvgIpc) is 3.46. The number of aromatic hydroxyl groups is 1. The molecule has 0 saturated carbocycles. The number of carbonyl (C=O) groups is 7. The summed E-state index contributed by atoms with van der Waals surface area (Å²) >= 11 is 0. The second-order valence-corrected chi connectivity index (χ2v) is 22.1. The summed E-state index contributed by atoms with van der Waals surface area (Å²) in [5.41, 5.74) is 5.62. The molecule has 7 amide bonds. The second-order valence-electron chi connectivity index (χ2n) is 22.1. The fourth-order valence-corrected chi connectivity index (χ4v) is 10.9. The molecule has 5 aromatic carbocycles. The highest BCUT2D eigenvalue weighted by Gasteiger charge is 2.46. The van der Waals surface area contributed by atoms with Crippen molar-refractivity contribution in [3.05, 3.63) is 144 Å². The molecule has 20 heteroatoms. The summed E-state index contributed by atoms with van der Waals surface area (Å²) in [5.74, 6) is -4.64. The number of nitrogens with one attached hydrogen (secondary N) is 6. The standard InChI is InChI=1S/C64H78N8O12/c1-4-5-9-33-84-51-29-25-46(26-30-51)44-19-17-43(18-20-44)45-21-23-47(24-22-45)58(77)67-52-13-10-32-65-61(80)54-34-48(66-36-42-11-7-6-8-12-42)37-71(54)63(82)56(39(2)73)70-60(79)53(31-16-41-14-27-49(75)28-15-41)68-62(81)55-35-50(76)38-72(55)64(83)57(40(3)74)69-59(52)78/h6-8,11-12,14-15,17-30,39-40,48,50,52-57,66,73-76H,4-5,9-10,13,16,31-38H2,1-3H3,(H,65,80)(H,67,77)(H,68,81)(H,69,78)(H,70,79)/t39-,40-,48+,50-,52+,53+,54+,55+,56+,57+/m1/s1. The normalized spacial score (nSPS) is 23.6. The lowest BCUT2D eigenvalue weighted by Gasteiger charge is -2.32. The van der Waals surface area contributed by atoms with Gasteiger partial charge in [0, 0.05) is 44.2 Å². The Morgan fingerprint density at radius 1 is 0.655 bits per heavy atom. The zero-order valence-corrected chi connectivity index (χ0v) is 47.7. The van der Waals surface area contributed by atoms with Gasteiger partial charge in [0.25, 0.3) is 5.91 Å². The van der Waals surface area contributed by atoms with Gasteiger partial charge in [0.1, 0.15) is 47.8 Å². The first-order chi connectivity index (χ1) is 40.5. The molecule has 20 nitrogen and oxygen atoms in total. The van der Waals surface area contributed by atoms with Crippen LogP contribution in [0.3, 0.4) is 0 Å². The molecule has 3 aliphatic heterocycles. The van der Waals surface area contributed by atoms with Crippen LogP contribution in [0.4, 0.5) is 0 Å². The molecule has 10 atom stereocenters. The molecule has 8 rings (SSSR count). The van der Waals surface area contributed by atoms with Crippen LogP contribution in [0.5, 0.6) is 11.5 Å². The lowest BCUT2D eigenvalue weighted by molar-refractivity contribution is -0.145. The molecule has 0 radical (unpaired) electrons. The average molecular weight is 1150 g/mol. The van der Waals surface area contributed by atoms with Crippen molar-refractivity contribution in [3.8, 4) is 33.8 Å². The first-order valence-corrected chi connectivity index (χ1v) is 29.1. The molecule has 3 aliphatic rings. The van der Waals surface area contributed by atoms with Crippen LogP contribution in [0.2, 0.25) is 0 Å². The first kappa shape index (κ1) is 61.9. The molecule has 0 unspecified atom stereocenters. The molecule has 0 aliphatic carbocycles. The molecule has 0 spiro atoms. The number of hydrogen-bond donors (Lipinski definition) is 10. The van der Waals surface area contributed by atoms with Gasteiger partial charge in [0.2, 0.25) is 35.4 Å². The van der Waals surface area contributed by atoms with Crippen molar-refractivity contribution in [2.75, 3.05) is 26.2 Å². The fourth-order valence-electron chi connectivity index (χ4n) is 10.9. The van der Waals surface area contributed by atoms with Gasteiger partial charge in [-0.3, -0.25) is 33.6 Å². The van der Waals surface area contributed by atoms with Crippen LogP contribution in [-0.4, -0.2) is 158 Å². The summed E-state index contributed by atoms with van der Waals surface area (Å²) in [6.45, 7) is 5.44. The third-order valence-electron chi connectivity index (χ3n) is 15.7. The van der Waals surface area contributed by atoms with Crippen molar-refractivity contribution in [3.63, 3.8) is 0 Å². The number of nitrogens with zero attached hydrogens (tertiary/aromatic N) is 2. The van der Waals surface area contributed by atoms with E-state index in [2.05, 4.69) is 38.8 Å². The number of aliphatic hydroxyl groups is 3. The van der Waals surface area contributed by atoms with Crippen LogP contribution in [-0.2, 0) is 41.7 Å². The minimum Gasteiger partial charge on any atom is -0.508 e. The maximum atomic E-state index is 14.7. The molecule has 0 aromatic heterocycles. The number of rotatable bonds is 17. The zero-order valence-electron chi connectivity index (χ0n) is 47.7. The number of phenols is 1. The van der Waals surface area contributed by atoms with Gasteiger partial charge in [-0.15, -0.1) is 0 Å². The summed E-state index contributed by atoms with van der Waals surface area (Å²) in [5, 5.41) is 60.3. The molecule has 10 N–H and O–H groups in total. The largest absolute Gasteiger partial charge is 0.508 e. The van der Waals surface area contributed by atoms with Crippen molar-refractivity contribution in [1.29, 1.82) is 0 Å². The molecular weight excluding hydrogens is 1070 g/mol. The highest BCUT2D eigenvalue weighted by atomic mass is 16.5. The smallest absolute Gasteiger partial charge is 0.251 e. The number of carbonyl (C=O) groups excluding carboxylic acids is 7. The molecule has 3 fully saturated rings. The van der Waals surface area contributed by atoms with Gasteiger partial charge >= 0.3 is 0 Å². The summed E-state index contributed by atoms with van der Waals surface area (Å²) in [7, 11) is 0. The van der Waals surface area contributed by atoms with E-state index in [0.29, 0.717) is 18.7 Å². The van der Waals surface area contributed by atoms with Crippen LogP contribution < -0.4 is 36.6 Å². The number of hydrogen-bond acceptors (Lipinski definition) is 13. The fraction of sp³-hybridized carbons (Fsp3) is 0.422. The molecule has 5 aromatic rings. The SMILES string of the molecule is CCCCCOc1ccc(-c2ccc(-c3ccc(C(=O)N[C@H]4CCCNC(=O)[C@@H]5C[C@H](NCc6ccccc6)CN5C(=O)[C@H]([C@@H](C)O)NC(=O)[C@H](CCc5ccc(O)cc5)NC(=O)[C@@H]5C[C@@H](O)CN5C(=O)[C@H]([C@@H](C)O)NC4=O)cc3)cc2)cc1. The Balaban J connectivity index is 1.04. The van der Waals surface area contributed by atoms with Crippen LogP contribution in [0.25, 0.3) is 22.3 Å². The number of aryl methyl sites for hydroxylation is 1. The zero-order chi connectivity index (χ0) is 59.9. The molecule has 446 valence electrons. The van der Waals surface area contributed by atoms with Crippen molar-refractivity contribution in [1.82, 2.24) is 41.7 Å². The molecular formula is C64H78N8O12. The Labute approximate surface area is 489 Å². The van der Waals surface area contributed by atoms with Gasteiger partial charge < -0.3 is 66.9 Å². The van der Waals surface area contributed by atoms with E-state index in [-0.39, 0.29) is 69.5 Å². The van der Waals surface area contributed by atoms with Crippen molar-refractivity contribution < 1.29 is 58.7 Å². The summed E-state index contributed by atoms with van der Waals surface area (Å²) in [4.78, 5) is 103. The monoisotopic (exact) mass is 1150 g/mol. The van der Waals surface area contributed by atoms with Crippen LogP contribution in [0.1, 0.15) is 93.6 Å². The topological polar surface area (TPSA) is 288 Å². The predicted molar refractivity (Wildman–Crippen MR) is 315 cm³/mol. The van der Waals surface area contributed by atoms with Crippen LogP contribution in [0, 0.1) is 0 Å². The quantitative estimate of drug-likeness (QED) is 0.0593. The van der Waals surface area contributed by atoms with E-state index in [9.17, 15) is 54.0 Å². The third-order valence-corrected chi connectivity index (χ3v) is 15.7. The Hall–Kier alpha value is -8.17. The number of unbranched alkanes of at least 4 members (excludes halogenated alkanes) is 2. The van der Waals surface area contributed by atoms with Gasteiger partial charge in [0.05, 0.1) is 24.9 Å². The second kappa shape index (κ2) is 29.4. The van der Waals surface area contributed by atoms with Crippen molar-refractivity contribution in [2.24, 2.45) is 0 Å². The molecule has 3 saturated heterocycles. The van der Waals surface area contributed by atoms with Crippen LogP contribution in [0.15, 0.2) is 127 Å². The number of phenolic OH excluding ortho intramolecular Hbond substituents is 1. The third kappa shape index (κ3) is 16.3. The Bertz CT molecular complexity index is 3040. The van der Waals surface area contributed by atoms with E-state index in [1.165, 1.54) is 30.9 Å². The van der Waals surface area contributed by atoms with E-state index in [4.69, 9.17) is 4.74 Å². The minimum atomic E-state index is -1.69. The lowest BCUT2D eigenvalue weighted by Crippen LogP contribution is -2.61. The number of amides is 7. The number of aliphatic hydroxyl groups excluding tert-OH is 3. The lowest BCUT2D eigenvalue weighted by atomic mass is 9.99. The maximum absolute atomic E-state index is 14.7. The van der Waals surface area contributed by atoms with E-state index in [0.717, 1.165) is 57.7 Å². The van der Waals surface area contributed by atoms with Gasteiger partial charge in [-0.1, -0.05) is 111 Å². The minimum absolute atomic E-state index is 0.00576. The first-order valence-electron chi connectivity index (χ1n) is 29.1. The summed E-state index contributed by atoms with van der Waals surface area (Å²) < 4.78 is 5.88. The Morgan fingerprint density at radius 2 is 1.23 bits per heavy atom. The van der Waals surface area contributed by atoms with Gasteiger partial charge in [-0.2, -0.15) is 0 Å². The van der Waals surface area contributed by atoms with Crippen LogP contribution >= 0.6 is 0 Å². The maximum Gasteiger partial charge on any atom is 0.251 e. The highest BCUT2D eigenvalue weighted by molar-refractivity contribution is 6.00. The van der Waals surface area contributed by atoms with Crippen molar-refractivity contribution in [2.45, 2.75) is 146 Å². The van der Waals surface area contributed by atoms with E-state index < -0.39 is 102 Å². The number of fused-ring (bicyclic) bond motifs is 2. The Kier molecular flexibility index (Phi) is 21.6. The number of benzene rings is 5. The van der Waals surface area contributed by atoms with E-state index in [1.807, 2.05) is 78.9 Å². The van der Waals surface area contributed by atoms with Gasteiger partial charge in [0.15, 0.2) is 0 Å². The van der Waals surface area contributed by atoms with Crippen molar-refractivity contribution >= 4 is 41.4 Å². The molecule has 0 bridgehead atoms. The molecule has 84 heavy (non-hydrogen) atoms. The highest BCUT2D eigenvalue weighted by Crippen LogP contribution is 2.28. The molecule has 3 heterocycles. The predicted octanol–water partition coefficient (Wildman–Crippen LogP) is 3.87. The van der Waals surface area contributed by atoms with Gasteiger partial charge in [-0.25, -0.2) is 0 Å².